The normalized spacial score (nSPS) is 15.3. The van der Waals surface area contributed by atoms with Crippen molar-refractivity contribution in [2.75, 3.05) is 52.6 Å². The molecule has 0 amide bonds. The van der Waals surface area contributed by atoms with Gasteiger partial charge in [-0.1, -0.05) is 255 Å². The molecule has 2 aromatic carbocycles. The lowest BCUT2D eigenvalue weighted by molar-refractivity contribution is -0.00303. The van der Waals surface area contributed by atoms with Crippen molar-refractivity contribution in [1.82, 2.24) is 9.80 Å². The number of rotatable bonds is 46. The summed E-state index contributed by atoms with van der Waals surface area (Å²) in [6.07, 6.45) is 43.0. The van der Waals surface area contributed by atoms with Gasteiger partial charge in [-0.3, -0.25) is 9.80 Å². The average molecular weight is 982 g/mol. The van der Waals surface area contributed by atoms with Crippen LogP contribution in [0.15, 0.2) is 48.5 Å². The number of hydrogen-bond donors (Lipinski definition) is 0. The van der Waals surface area contributed by atoms with Crippen LogP contribution < -0.4 is 0 Å². The Morgan fingerprint density at radius 1 is 0.406 bits per heavy atom. The van der Waals surface area contributed by atoms with Crippen molar-refractivity contribution in [3.63, 3.8) is 0 Å². The van der Waals surface area contributed by atoms with Crippen molar-refractivity contribution in [3.05, 3.63) is 70.8 Å². The summed E-state index contributed by atoms with van der Waals surface area (Å²) in [4.78, 5) is 4.59. The Kier molecular flexibility index (Phi) is 34.3. The molecule has 0 fully saturated rings. The molecule has 0 saturated carbocycles. The molecule has 0 aromatic heterocycles. The summed E-state index contributed by atoms with van der Waals surface area (Å²) < 4.78 is 52.2. The van der Waals surface area contributed by atoms with Crippen molar-refractivity contribution < 1.29 is 26.3 Å². The molecule has 2 aliphatic heterocycles. The van der Waals surface area contributed by atoms with Gasteiger partial charge in [0.05, 0.1) is 13.2 Å². The molecule has 4 rings (SSSR count). The molecule has 0 aliphatic carbocycles. The van der Waals surface area contributed by atoms with Crippen LogP contribution in [0.25, 0.3) is 0 Å². The van der Waals surface area contributed by atoms with Crippen LogP contribution in [0.4, 0.5) is 0 Å². The maximum absolute atomic E-state index is 13.9. The number of fused-ring (bicyclic) bond motifs is 2. The maximum atomic E-state index is 13.9. The largest absolute Gasteiger partial charge is 0.400 e. The van der Waals surface area contributed by atoms with Crippen LogP contribution in [0, 0.1) is 0 Å². The van der Waals surface area contributed by atoms with Crippen LogP contribution in [0.2, 0.25) is 0 Å². The Morgan fingerprint density at radius 3 is 0.986 bits per heavy atom. The zero-order valence-corrected chi connectivity index (χ0v) is 45.5. The first-order valence-electron chi connectivity index (χ1n) is 29.3. The van der Waals surface area contributed by atoms with Crippen LogP contribution in [0.5, 0.6) is 0 Å². The Hall–Kier alpha value is -1.85. The molecule has 0 saturated heterocycles. The molecular formula is C60H104N2O6S. The van der Waals surface area contributed by atoms with E-state index in [1.165, 1.54) is 202 Å². The van der Waals surface area contributed by atoms with Crippen LogP contribution in [0.3, 0.4) is 0 Å². The quantitative estimate of drug-likeness (QED) is 0.0607. The van der Waals surface area contributed by atoms with E-state index < -0.39 is 22.6 Å². The molecule has 69 heavy (non-hydrogen) atoms. The molecule has 0 N–H and O–H groups in total. The summed E-state index contributed by atoms with van der Waals surface area (Å²) in [7, 11) is -4.36. The topological polar surface area (TPSA) is 77.5 Å². The van der Waals surface area contributed by atoms with Gasteiger partial charge in [0.2, 0.25) is 0 Å². The fourth-order valence-electron chi connectivity index (χ4n) is 10.5. The third-order valence-corrected chi connectivity index (χ3v) is 15.8. The summed E-state index contributed by atoms with van der Waals surface area (Å²) in [5.41, 5.74) is 5.31. The van der Waals surface area contributed by atoms with Gasteiger partial charge in [0.1, 0.15) is 12.2 Å². The number of hydrogen-bond acceptors (Lipinski definition) is 8. The highest BCUT2D eigenvalue weighted by Gasteiger charge is 2.30. The highest BCUT2D eigenvalue weighted by atomic mass is 32.3. The van der Waals surface area contributed by atoms with Crippen LogP contribution in [-0.2, 0) is 54.2 Å². The smallest absolute Gasteiger partial charge is 0.379 e. The van der Waals surface area contributed by atoms with E-state index in [4.69, 9.17) is 17.8 Å². The number of ether oxygens (including phenoxy) is 2. The second-order valence-corrected chi connectivity index (χ2v) is 22.3. The predicted molar refractivity (Wildman–Crippen MR) is 290 cm³/mol. The SMILES string of the molecule is CCCCCCCCCCCCCCCCCCOCC(CN1CCc2ccccc2C1)OS(=O)(=O)OC(COCCCCCCCCCCCCCCCCCC)CN1CCc2ccccc2C1. The zero-order chi connectivity index (χ0) is 48.7. The highest BCUT2D eigenvalue weighted by molar-refractivity contribution is 7.81. The van der Waals surface area contributed by atoms with Gasteiger partial charge in [-0.15, -0.1) is 0 Å². The van der Waals surface area contributed by atoms with Gasteiger partial charge in [0.15, 0.2) is 0 Å². The van der Waals surface area contributed by atoms with E-state index >= 15 is 0 Å². The first-order valence-corrected chi connectivity index (χ1v) is 30.6. The molecule has 2 unspecified atom stereocenters. The van der Waals surface area contributed by atoms with E-state index in [0.717, 1.165) is 64.7 Å². The van der Waals surface area contributed by atoms with Gasteiger partial charge in [-0.2, -0.15) is 8.42 Å². The predicted octanol–water partition coefficient (Wildman–Crippen LogP) is 15.7. The molecule has 0 radical (unpaired) electrons. The molecule has 2 aromatic rings. The minimum absolute atomic E-state index is 0.211. The summed E-state index contributed by atoms with van der Waals surface area (Å²) in [5.74, 6) is 0. The minimum Gasteiger partial charge on any atom is -0.379 e. The van der Waals surface area contributed by atoms with Gasteiger partial charge < -0.3 is 9.47 Å². The molecule has 2 aliphatic rings. The van der Waals surface area contributed by atoms with Crippen LogP contribution >= 0.6 is 0 Å². The third-order valence-electron chi connectivity index (χ3n) is 14.7. The lowest BCUT2D eigenvalue weighted by Gasteiger charge is -2.32. The fraction of sp³-hybridized carbons (Fsp3) is 0.800. The summed E-state index contributed by atoms with van der Waals surface area (Å²) in [6.45, 7) is 10.4. The highest BCUT2D eigenvalue weighted by Crippen LogP contribution is 2.23. The van der Waals surface area contributed by atoms with Gasteiger partial charge >= 0.3 is 10.4 Å². The van der Waals surface area contributed by atoms with Crippen molar-refractivity contribution in [2.24, 2.45) is 0 Å². The molecule has 0 bridgehead atoms. The number of benzene rings is 2. The van der Waals surface area contributed by atoms with E-state index in [-0.39, 0.29) is 13.2 Å². The third kappa shape index (κ3) is 29.4. The van der Waals surface area contributed by atoms with E-state index in [2.05, 4.69) is 72.2 Å². The van der Waals surface area contributed by atoms with E-state index in [1.807, 2.05) is 0 Å². The molecule has 2 heterocycles. The van der Waals surface area contributed by atoms with E-state index in [0.29, 0.717) is 26.3 Å². The summed E-state index contributed by atoms with van der Waals surface area (Å²) >= 11 is 0. The molecule has 0 spiro atoms. The Morgan fingerprint density at radius 2 is 0.681 bits per heavy atom. The maximum Gasteiger partial charge on any atom is 0.400 e. The lowest BCUT2D eigenvalue weighted by atomic mass is 10.00. The Labute approximate surface area is 425 Å². The van der Waals surface area contributed by atoms with Gasteiger partial charge in [-0.05, 0) is 47.9 Å². The molecular weight excluding hydrogens is 877 g/mol. The van der Waals surface area contributed by atoms with Crippen molar-refractivity contribution >= 4 is 10.4 Å². The van der Waals surface area contributed by atoms with Crippen molar-refractivity contribution in [1.29, 1.82) is 0 Å². The van der Waals surface area contributed by atoms with Crippen LogP contribution in [-0.4, -0.2) is 83.0 Å². The minimum atomic E-state index is -4.36. The second kappa shape index (κ2) is 39.7. The van der Waals surface area contributed by atoms with E-state index in [9.17, 15) is 8.42 Å². The molecule has 2 atom stereocenters. The van der Waals surface area contributed by atoms with Crippen LogP contribution in [0.1, 0.15) is 242 Å². The first-order chi connectivity index (χ1) is 34.0. The van der Waals surface area contributed by atoms with Gasteiger partial charge in [0.25, 0.3) is 0 Å². The van der Waals surface area contributed by atoms with Gasteiger partial charge in [-0.25, -0.2) is 8.37 Å². The second-order valence-electron chi connectivity index (χ2n) is 21.1. The molecule has 9 heteroatoms. The standard InChI is InChI=1S/C60H104N2O6S/c1-3-5-7-9-11-13-15-17-19-21-23-25-27-29-31-37-47-65-53-59(51-61-45-43-55-39-33-35-41-57(55)49-61)67-69(63,64)68-60(52-62-46-44-56-40-34-36-42-58(56)50-62)54-66-48-38-32-30-28-26-24-22-20-18-16-14-12-10-8-6-4-2/h33-36,39-42,59-60H,3-32,37-38,43-54H2,1-2H3. The van der Waals surface area contributed by atoms with E-state index in [1.54, 1.807) is 0 Å². The van der Waals surface area contributed by atoms with Gasteiger partial charge in [0, 0.05) is 52.5 Å². The first kappa shape index (κ1) is 59.7. The summed E-state index contributed by atoms with van der Waals surface area (Å²) in [6, 6.07) is 17.1. The zero-order valence-electron chi connectivity index (χ0n) is 44.6. The number of unbranched alkanes of at least 4 members (excludes halogenated alkanes) is 30. The monoisotopic (exact) mass is 981 g/mol. The molecule has 396 valence electrons. The number of nitrogens with zero attached hydrogens (tertiary/aromatic N) is 2. The Bertz CT molecular complexity index is 1510. The average Bonchev–Trinajstić information content (AvgIpc) is 3.35. The Balaban J connectivity index is 1.17. The lowest BCUT2D eigenvalue weighted by Crippen LogP contribution is -2.43. The summed E-state index contributed by atoms with van der Waals surface area (Å²) in [5, 5.41) is 0. The van der Waals surface area contributed by atoms with Crippen molar-refractivity contribution in [3.8, 4) is 0 Å². The fourth-order valence-corrected chi connectivity index (χ4v) is 11.5. The molecule has 8 nitrogen and oxygen atoms in total. The van der Waals surface area contributed by atoms with Crippen molar-refractivity contribution in [2.45, 2.75) is 257 Å².